The second kappa shape index (κ2) is 10.5. The zero-order valence-corrected chi connectivity index (χ0v) is 21.2. The van der Waals surface area contributed by atoms with Gasteiger partial charge < -0.3 is 23.7 Å². The Balaban J connectivity index is 1.89. The van der Waals surface area contributed by atoms with Crippen LogP contribution in [0.25, 0.3) is 16.9 Å². The Morgan fingerprint density at radius 3 is 2.08 bits per heavy atom. The van der Waals surface area contributed by atoms with Gasteiger partial charge in [0, 0.05) is 18.7 Å². The highest BCUT2D eigenvalue weighted by Crippen LogP contribution is 2.40. The van der Waals surface area contributed by atoms with Crippen molar-refractivity contribution in [2.75, 3.05) is 40.4 Å². The average Bonchev–Trinajstić information content (AvgIpc) is 3.29. The van der Waals surface area contributed by atoms with Crippen molar-refractivity contribution in [1.82, 2.24) is 9.38 Å². The van der Waals surface area contributed by atoms with Crippen LogP contribution in [0.15, 0.2) is 54.7 Å². The number of nitrogens with zero attached hydrogens (tertiary/aromatic N) is 3. The van der Waals surface area contributed by atoms with Gasteiger partial charge in [-0.25, -0.2) is 4.98 Å². The van der Waals surface area contributed by atoms with Gasteiger partial charge in [0.05, 0.1) is 42.1 Å². The molecule has 0 bridgehead atoms. The Morgan fingerprint density at radius 2 is 1.50 bits per heavy atom. The molecule has 0 spiro atoms. The number of imidazole rings is 1. The predicted octanol–water partition coefficient (Wildman–Crippen LogP) is 4.60. The maximum atomic E-state index is 13.1. The molecule has 188 valence electrons. The summed E-state index contributed by atoms with van der Waals surface area (Å²) in [5.41, 5.74) is 2.91. The third-order valence-corrected chi connectivity index (χ3v) is 5.86. The van der Waals surface area contributed by atoms with Crippen LogP contribution in [0.5, 0.6) is 28.7 Å². The lowest BCUT2D eigenvalue weighted by molar-refractivity contribution is -0.116. The first-order valence-corrected chi connectivity index (χ1v) is 11.2. The minimum atomic E-state index is -0.156. The van der Waals surface area contributed by atoms with Crippen LogP contribution in [-0.4, -0.2) is 50.8 Å². The molecule has 0 unspecified atom stereocenters. The van der Waals surface area contributed by atoms with Crippen LogP contribution in [0.3, 0.4) is 0 Å². The molecule has 0 saturated heterocycles. The van der Waals surface area contributed by atoms with E-state index in [-0.39, 0.29) is 12.5 Å². The monoisotopic (exact) mass is 491 g/mol. The molecule has 36 heavy (non-hydrogen) atoms. The number of carbonyl (C=O) groups is 1. The summed E-state index contributed by atoms with van der Waals surface area (Å²) in [5.74, 6) is 3.14. The van der Waals surface area contributed by atoms with Gasteiger partial charge in [-0.2, -0.15) is 0 Å². The van der Waals surface area contributed by atoms with Gasteiger partial charge in [0.2, 0.25) is 11.7 Å². The van der Waals surface area contributed by atoms with E-state index in [0.717, 1.165) is 11.1 Å². The number of benzene rings is 2. The molecule has 0 aliphatic carbocycles. The molecule has 2 aromatic carbocycles. The normalized spacial score (nSPS) is 10.7. The van der Waals surface area contributed by atoms with Gasteiger partial charge in [-0.05, 0) is 48.0 Å². The molecule has 0 aliphatic rings. The smallest absolute Gasteiger partial charge is 0.225 e. The van der Waals surface area contributed by atoms with E-state index in [1.807, 2.05) is 59.1 Å². The zero-order chi connectivity index (χ0) is 25.8. The van der Waals surface area contributed by atoms with Gasteiger partial charge in [-0.3, -0.25) is 14.1 Å². The van der Waals surface area contributed by atoms with Crippen LogP contribution in [0, 0.1) is 0 Å². The second-order valence-corrected chi connectivity index (χ2v) is 7.92. The number of aromatic nitrogens is 2. The third-order valence-electron chi connectivity index (χ3n) is 5.86. The molecule has 2 heterocycles. The zero-order valence-electron chi connectivity index (χ0n) is 21.2. The fraction of sp³-hybridized carbons (Fsp3) is 0.259. The fourth-order valence-electron chi connectivity index (χ4n) is 4.16. The first-order chi connectivity index (χ1) is 17.4. The number of amides is 1. The predicted molar refractivity (Wildman–Crippen MR) is 137 cm³/mol. The number of pyridine rings is 1. The van der Waals surface area contributed by atoms with Gasteiger partial charge in [0.25, 0.3) is 0 Å². The molecule has 0 radical (unpaired) electrons. The maximum Gasteiger partial charge on any atom is 0.225 e. The fourth-order valence-corrected chi connectivity index (χ4v) is 4.16. The van der Waals surface area contributed by atoms with E-state index in [9.17, 15) is 4.79 Å². The lowest BCUT2D eigenvalue weighted by atomic mass is 10.1. The molecular formula is C27H29N3O6. The molecule has 0 atom stereocenters. The Labute approximate surface area is 209 Å². The third kappa shape index (κ3) is 4.47. The van der Waals surface area contributed by atoms with Gasteiger partial charge >= 0.3 is 0 Å². The van der Waals surface area contributed by atoms with E-state index >= 15 is 0 Å². The summed E-state index contributed by atoms with van der Waals surface area (Å²) in [4.78, 5) is 19.6. The highest BCUT2D eigenvalue weighted by Gasteiger charge is 2.25. The van der Waals surface area contributed by atoms with Crippen molar-refractivity contribution in [1.29, 1.82) is 0 Å². The van der Waals surface area contributed by atoms with Crippen LogP contribution in [0.4, 0.5) is 5.82 Å². The first-order valence-electron chi connectivity index (χ1n) is 11.2. The molecule has 0 fully saturated rings. The lowest BCUT2D eigenvalue weighted by Gasteiger charge is -2.23. The highest BCUT2D eigenvalue weighted by molar-refractivity contribution is 5.95. The van der Waals surface area contributed by atoms with E-state index in [1.54, 1.807) is 40.4 Å². The van der Waals surface area contributed by atoms with E-state index < -0.39 is 0 Å². The van der Waals surface area contributed by atoms with Crippen LogP contribution >= 0.6 is 0 Å². The minimum Gasteiger partial charge on any atom is -0.493 e. The van der Waals surface area contributed by atoms with Crippen LogP contribution in [0.2, 0.25) is 0 Å². The topological polar surface area (TPSA) is 83.8 Å². The van der Waals surface area contributed by atoms with Gasteiger partial charge in [-0.15, -0.1) is 0 Å². The van der Waals surface area contributed by atoms with E-state index in [0.29, 0.717) is 45.9 Å². The quantitative estimate of drug-likeness (QED) is 0.338. The van der Waals surface area contributed by atoms with Gasteiger partial charge in [0.1, 0.15) is 17.2 Å². The van der Waals surface area contributed by atoms with Crippen LogP contribution in [-0.2, 0) is 11.3 Å². The second-order valence-electron chi connectivity index (χ2n) is 7.92. The van der Waals surface area contributed by atoms with E-state index in [4.69, 9.17) is 28.7 Å². The standard InChI is InChI=1S/C27H29N3O6/c1-17(31)30(16-18-13-22(34-4)26(36-6)23(14-18)35-5)27-25(28-24-9-7-8-12-29(24)27)19-10-11-20(32-2)21(15-19)33-3/h7-15H,16H2,1-6H3. The number of carbonyl (C=O) groups excluding carboxylic acids is 1. The van der Waals surface area contributed by atoms with Crippen molar-refractivity contribution in [3.8, 4) is 40.0 Å². The number of methoxy groups -OCH3 is 5. The number of anilines is 1. The molecule has 9 nitrogen and oxygen atoms in total. The van der Waals surface area contributed by atoms with Crippen molar-refractivity contribution in [2.45, 2.75) is 13.5 Å². The van der Waals surface area contributed by atoms with Crippen molar-refractivity contribution >= 4 is 17.4 Å². The Bertz CT molecular complexity index is 1370. The van der Waals surface area contributed by atoms with Crippen molar-refractivity contribution < 1.29 is 28.5 Å². The molecular weight excluding hydrogens is 462 g/mol. The van der Waals surface area contributed by atoms with Gasteiger partial charge in [-0.1, -0.05) is 6.07 Å². The molecule has 4 aromatic rings. The summed E-state index contributed by atoms with van der Waals surface area (Å²) in [6.07, 6.45) is 1.88. The highest BCUT2D eigenvalue weighted by atomic mass is 16.5. The molecule has 2 aromatic heterocycles. The number of hydrogen-bond donors (Lipinski definition) is 0. The summed E-state index contributed by atoms with van der Waals surface area (Å²) < 4.78 is 29.3. The number of rotatable bonds is 9. The molecule has 0 saturated carbocycles. The van der Waals surface area contributed by atoms with E-state index in [2.05, 4.69) is 0 Å². The van der Waals surface area contributed by atoms with Crippen molar-refractivity contribution in [2.24, 2.45) is 0 Å². The number of fused-ring (bicyclic) bond motifs is 1. The Hall–Kier alpha value is -4.40. The molecule has 0 aliphatic heterocycles. The molecule has 9 heteroatoms. The van der Waals surface area contributed by atoms with Gasteiger partial charge in [0.15, 0.2) is 23.0 Å². The van der Waals surface area contributed by atoms with Crippen LogP contribution < -0.4 is 28.6 Å². The SMILES string of the molecule is COc1ccc(-c2nc3ccccn3c2N(Cc2cc(OC)c(OC)c(OC)c2)C(C)=O)cc1OC. The van der Waals surface area contributed by atoms with E-state index in [1.165, 1.54) is 6.92 Å². The Morgan fingerprint density at radius 1 is 0.833 bits per heavy atom. The lowest BCUT2D eigenvalue weighted by Crippen LogP contribution is -2.29. The number of ether oxygens (including phenoxy) is 5. The molecule has 1 amide bonds. The summed E-state index contributed by atoms with van der Waals surface area (Å²) in [6, 6.07) is 14.9. The maximum absolute atomic E-state index is 13.1. The minimum absolute atomic E-state index is 0.156. The average molecular weight is 492 g/mol. The summed E-state index contributed by atoms with van der Waals surface area (Å²) in [7, 11) is 7.84. The van der Waals surface area contributed by atoms with Crippen molar-refractivity contribution in [3.63, 3.8) is 0 Å². The molecule has 0 N–H and O–H groups in total. The summed E-state index contributed by atoms with van der Waals surface area (Å²) in [6.45, 7) is 1.77. The van der Waals surface area contributed by atoms with Crippen LogP contribution in [0.1, 0.15) is 12.5 Å². The summed E-state index contributed by atoms with van der Waals surface area (Å²) in [5, 5.41) is 0. The Kier molecular flexibility index (Phi) is 7.19. The first kappa shape index (κ1) is 24.7. The summed E-state index contributed by atoms with van der Waals surface area (Å²) >= 11 is 0. The van der Waals surface area contributed by atoms with Crippen molar-refractivity contribution in [3.05, 3.63) is 60.3 Å². The number of hydrogen-bond acceptors (Lipinski definition) is 7. The largest absolute Gasteiger partial charge is 0.493 e. The molecule has 4 rings (SSSR count).